The quantitative estimate of drug-likeness (QED) is 0.365. The van der Waals surface area contributed by atoms with Gasteiger partial charge in [0.15, 0.2) is 5.69 Å². The van der Waals surface area contributed by atoms with Crippen LogP contribution in [-0.2, 0) is 9.71 Å². The second-order valence-electron chi connectivity index (χ2n) is 8.32. The summed E-state index contributed by atoms with van der Waals surface area (Å²) in [5.74, 6) is 3.27. The van der Waals surface area contributed by atoms with Crippen molar-refractivity contribution < 1.29 is 9.00 Å². The maximum Gasteiger partial charge on any atom is 0.276 e. The lowest BCUT2D eigenvalue weighted by Crippen LogP contribution is -2.17. The Morgan fingerprint density at radius 3 is 2.59 bits per heavy atom. The molecule has 34 heavy (non-hydrogen) atoms. The summed E-state index contributed by atoms with van der Waals surface area (Å²) in [6.07, 6.45) is 10.4. The minimum atomic E-state index is -2.49. The third-order valence-electron chi connectivity index (χ3n) is 5.52. The molecule has 1 saturated heterocycles. The molecule has 4 aromatic rings. The highest BCUT2D eigenvalue weighted by atomic mass is 32.2. The van der Waals surface area contributed by atoms with E-state index >= 15 is 0 Å². The molecule has 1 amide bonds. The van der Waals surface area contributed by atoms with Crippen LogP contribution in [0.25, 0.3) is 22.0 Å². The summed E-state index contributed by atoms with van der Waals surface area (Å²) in [4.78, 5) is 27.8. The van der Waals surface area contributed by atoms with Crippen molar-refractivity contribution >= 4 is 49.7 Å². The maximum absolute atomic E-state index is 12.9. The number of benzene rings is 1. The molecular weight excluding hydrogens is 452 g/mol. The van der Waals surface area contributed by atoms with E-state index in [1.54, 1.807) is 0 Å². The summed E-state index contributed by atoms with van der Waals surface area (Å²) < 4.78 is 14.3. The number of nitrogens with one attached hydrogen (secondary N) is 3. The van der Waals surface area contributed by atoms with E-state index in [1.165, 1.54) is 31.5 Å². The van der Waals surface area contributed by atoms with E-state index in [2.05, 4.69) is 52.0 Å². The molecule has 0 radical (unpaired) electrons. The highest BCUT2D eigenvalue weighted by molar-refractivity contribution is 8.00. The predicted molar refractivity (Wildman–Crippen MR) is 136 cm³/mol. The molecule has 0 spiro atoms. The monoisotopic (exact) mass is 476 g/mol. The molecule has 0 bridgehead atoms. The first-order valence-electron chi connectivity index (χ1n) is 10.8. The molecular formula is C23H24N8O2S. The van der Waals surface area contributed by atoms with Gasteiger partial charge in [-0.05, 0) is 42.5 Å². The molecule has 1 atom stereocenters. The Bertz CT molecular complexity index is 1460. The third kappa shape index (κ3) is 4.69. The van der Waals surface area contributed by atoms with Crippen LogP contribution in [0.15, 0.2) is 49.1 Å². The SMILES string of the molecule is C=S(C)(=O)Nc1ncc(NC(=O)c2n[nH]c3ccc(-c4cncc(N5CCCC5)c4)cc23)cn1. The first-order chi connectivity index (χ1) is 16.4. The average Bonchev–Trinajstić information content (AvgIpc) is 3.49. The fourth-order valence-electron chi connectivity index (χ4n) is 3.93. The topological polar surface area (TPSA) is 129 Å². The van der Waals surface area contributed by atoms with Crippen molar-refractivity contribution in [2.75, 3.05) is 34.3 Å². The molecule has 10 nitrogen and oxygen atoms in total. The second-order valence-corrected chi connectivity index (χ2v) is 10.5. The van der Waals surface area contributed by atoms with Gasteiger partial charge in [0.1, 0.15) is 0 Å². The summed E-state index contributed by atoms with van der Waals surface area (Å²) in [5, 5.41) is 10.6. The number of rotatable bonds is 6. The lowest BCUT2D eigenvalue weighted by Gasteiger charge is -2.17. The van der Waals surface area contributed by atoms with Gasteiger partial charge in [0.2, 0.25) is 5.95 Å². The van der Waals surface area contributed by atoms with Crippen LogP contribution in [0.1, 0.15) is 23.3 Å². The Kier molecular flexibility index (Phi) is 5.62. The standard InChI is InChI=1S/C23H24N8O2S/c1-34(2,33)30-23-25-12-17(13-26-23)27-22(32)21-19-10-15(5-6-20(19)28-29-21)16-9-18(14-24-11-16)31-7-3-4-8-31/h5-6,9-14H,1,3-4,7-8H2,2H3,(H,27,32)(H,28,29)(H,25,26,30,33). The van der Waals surface area contributed by atoms with E-state index in [-0.39, 0.29) is 11.6 Å². The van der Waals surface area contributed by atoms with Gasteiger partial charge in [-0.15, -0.1) is 0 Å². The van der Waals surface area contributed by atoms with Crippen LogP contribution in [0.5, 0.6) is 0 Å². The van der Waals surface area contributed by atoms with E-state index in [1.807, 2.05) is 30.6 Å². The molecule has 1 unspecified atom stereocenters. The van der Waals surface area contributed by atoms with Crippen molar-refractivity contribution in [3.63, 3.8) is 0 Å². The van der Waals surface area contributed by atoms with Crippen LogP contribution >= 0.6 is 0 Å². The summed E-state index contributed by atoms with van der Waals surface area (Å²) in [5.41, 5.74) is 4.44. The smallest absolute Gasteiger partial charge is 0.276 e. The number of pyridine rings is 1. The highest BCUT2D eigenvalue weighted by Crippen LogP contribution is 2.29. The van der Waals surface area contributed by atoms with Crippen molar-refractivity contribution in [2.45, 2.75) is 12.8 Å². The Balaban J connectivity index is 1.39. The number of nitrogens with zero attached hydrogens (tertiary/aromatic N) is 5. The van der Waals surface area contributed by atoms with Crippen LogP contribution in [0.3, 0.4) is 0 Å². The van der Waals surface area contributed by atoms with E-state index in [4.69, 9.17) is 0 Å². The minimum Gasteiger partial charge on any atom is -0.370 e. The average molecular weight is 477 g/mol. The van der Waals surface area contributed by atoms with E-state index in [9.17, 15) is 9.00 Å². The van der Waals surface area contributed by atoms with Crippen molar-refractivity contribution in [1.29, 1.82) is 0 Å². The van der Waals surface area contributed by atoms with Crippen LogP contribution in [0.4, 0.5) is 17.3 Å². The number of anilines is 3. The molecule has 3 N–H and O–H groups in total. The van der Waals surface area contributed by atoms with Gasteiger partial charge >= 0.3 is 0 Å². The number of hydrogen-bond acceptors (Lipinski definition) is 7. The van der Waals surface area contributed by atoms with E-state index < -0.39 is 15.6 Å². The zero-order chi connectivity index (χ0) is 23.7. The predicted octanol–water partition coefficient (Wildman–Crippen LogP) is 2.94. The second kappa shape index (κ2) is 8.75. The number of H-pyrrole nitrogens is 1. The Hall–Kier alpha value is -3.99. The molecule has 1 aromatic carbocycles. The fourth-order valence-corrected chi connectivity index (χ4v) is 4.42. The van der Waals surface area contributed by atoms with Crippen molar-refractivity contribution in [2.24, 2.45) is 0 Å². The molecule has 3 aromatic heterocycles. The number of carbonyl (C=O) groups is 1. The lowest BCUT2D eigenvalue weighted by atomic mass is 10.0. The number of carbonyl (C=O) groups excluding carboxylic acids is 1. The fraction of sp³-hybridized carbons (Fsp3) is 0.217. The zero-order valence-corrected chi connectivity index (χ0v) is 19.4. The first kappa shape index (κ1) is 21.8. The number of aromatic amines is 1. The summed E-state index contributed by atoms with van der Waals surface area (Å²) in [6, 6.07) is 7.96. The van der Waals surface area contributed by atoms with Gasteiger partial charge in [-0.25, -0.2) is 14.2 Å². The normalized spacial score (nSPS) is 15.3. The van der Waals surface area contributed by atoms with Gasteiger partial charge in [0, 0.05) is 46.2 Å². The van der Waals surface area contributed by atoms with Gasteiger partial charge in [-0.1, -0.05) is 6.07 Å². The van der Waals surface area contributed by atoms with Gasteiger partial charge in [-0.3, -0.25) is 19.6 Å². The third-order valence-corrected chi connectivity index (χ3v) is 6.14. The minimum absolute atomic E-state index is 0.167. The number of fused-ring (bicyclic) bond motifs is 1. The van der Waals surface area contributed by atoms with Crippen molar-refractivity contribution in [1.82, 2.24) is 25.1 Å². The van der Waals surface area contributed by atoms with Crippen LogP contribution < -0.4 is 14.9 Å². The molecule has 0 aliphatic carbocycles. The zero-order valence-electron chi connectivity index (χ0n) is 18.6. The van der Waals surface area contributed by atoms with Gasteiger partial charge in [0.25, 0.3) is 5.91 Å². The summed E-state index contributed by atoms with van der Waals surface area (Å²) in [6.45, 7) is 2.09. The molecule has 4 heterocycles. The Labute approximate surface area is 197 Å². The molecule has 0 saturated carbocycles. The molecule has 1 fully saturated rings. The van der Waals surface area contributed by atoms with Gasteiger partial charge < -0.3 is 10.2 Å². The lowest BCUT2D eigenvalue weighted by molar-refractivity contribution is 0.102. The maximum atomic E-state index is 12.9. The van der Waals surface area contributed by atoms with Crippen LogP contribution in [-0.4, -0.2) is 60.5 Å². The van der Waals surface area contributed by atoms with Gasteiger partial charge in [0.05, 0.1) is 35.5 Å². The summed E-state index contributed by atoms with van der Waals surface area (Å²) >= 11 is 0. The molecule has 1 aliphatic rings. The van der Waals surface area contributed by atoms with Crippen molar-refractivity contribution in [3.8, 4) is 11.1 Å². The van der Waals surface area contributed by atoms with Crippen LogP contribution in [0.2, 0.25) is 0 Å². The van der Waals surface area contributed by atoms with Crippen molar-refractivity contribution in [3.05, 3.63) is 54.7 Å². The number of amides is 1. The largest absolute Gasteiger partial charge is 0.370 e. The van der Waals surface area contributed by atoms with E-state index in [0.29, 0.717) is 11.1 Å². The molecule has 11 heteroatoms. The number of hydrogen-bond donors (Lipinski definition) is 3. The number of aromatic nitrogens is 5. The van der Waals surface area contributed by atoms with Crippen LogP contribution in [0, 0.1) is 0 Å². The molecule has 174 valence electrons. The Morgan fingerprint density at radius 2 is 1.85 bits per heavy atom. The highest BCUT2D eigenvalue weighted by Gasteiger charge is 2.17. The summed E-state index contributed by atoms with van der Waals surface area (Å²) in [7, 11) is -2.49. The molecule has 1 aliphatic heterocycles. The van der Waals surface area contributed by atoms with E-state index in [0.717, 1.165) is 35.4 Å². The Morgan fingerprint density at radius 1 is 1.09 bits per heavy atom. The van der Waals surface area contributed by atoms with Gasteiger partial charge in [-0.2, -0.15) is 5.10 Å². The first-order valence-corrected chi connectivity index (χ1v) is 12.9. The molecule has 5 rings (SSSR count).